The third-order valence-corrected chi connectivity index (χ3v) is 5.10. The second-order valence-electron chi connectivity index (χ2n) is 6.53. The highest BCUT2D eigenvalue weighted by Crippen LogP contribution is 2.45. The van der Waals surface area contributed by atoms with E-state index in [1.54, 1.807) is 30.2 Å². The Hall–Kier alpha value is -3.09. The normalized spacial score (nSPS) is 20.8. The maximum Gasteiger partial charge on any atom is 0.321 e. The fourth-order valence-corrected chi connectivity index (χ4v) is 3.66. The lowest BCUT2D eigenvalue weighted by molar-refractivity contribution is -0.120. The maximum absolute atomic E-state index is 13.8. The van der Waals surface area contributed by atoms with Gasteiger partial charge in [0, 0.05) is 18.8 Å². The molecule has 0 aromatic heterocycles. The van der Waals surface area contributed by atoms with Crippen molar-refractivity contribution in [1.29, 1.82) is 0 Å². The Labute approximate surface area is 149 Å². The summed E-state index contributed by atoms with van der Waals surface area (Å²) < 4.78 is 19.0. The summed E-state index contributed by atoms with van der Waals surface area (Å²) in [6.45, 7) is 0.643. The molecule has 2 aromatic rings. The molecule has 0 bridgehead atoms. The number of likely N-dealkylation sites (tertiary alicyclic amines) is 1. The van der Waals surface area contributed by atoms with Crippen molar-refractivity contribution in [2.24, 2.45) is 0 Å². The predicted molar refractivity (Wildman–Crippen MR) is 94.9 cm³/mol. The van der Waals surface area contributed by atoms with Crippen molar-refractivity contribution < 1.29 is 18.7 Å². The Morgan fingerprint density at radius 2 is 2.12 bits per heavy atom. The molecule has 1 atom stereocenters. The van der Waals surface area contributed by atoms with Crippen LogP contribution in [0.1, 0.15) is 12.0 Å². The number of anilines is 2. The number of nitrogens with one attached hydrogen (secondary N) is 2. The fourth-order valence-electron chi connectivity index (χ4n) is 3.66. The molecule has 2 aliphatic rings. The van der Waals surface area contributed by atoms with E-state index in [1.807, 2.05) is 12.1 Å². The zero-order valence-electron chi connectivity index (χ0n) is 14.2. The van der Waals surface area contributed by atoms with E-state index in [2.05, 4.69) is 10.6 Å². The number of hydrogen-bond donors (Lipinski definition) is 2. The van der Waals surface area contributed by atoms with Crippen LogP contribution in [0.4, 0.5) is 20.6 Å². The molecule has 0 radical (unpaired) electrons. The second kappa shape index (κ2) is 6.01. The van der Waals surface area contributed by atoms with Crippen molar-refractivity contribution in [2.45, 2.75) is 11.8 Å². The number of amides is 3. The van der Waals surface area contributed by atoms with Gasteiger partial charge < -0.3 is 20.3 Å². The fraction of sp³-hybridized carbons (Fsp3) is 0.263. The Balaban J connectivity index is 1.58. The molecule has 1 spiro atoms. The van der Waals surface area contributed by atoms with Gasteiger partial charge in [-0.2, -0.15) is 0 Å². The van der Waals surface area contributed by atoms with Crippen LogP contribution in [-0.4, -0.2) is 37.0 Å². The van der Waals surface area contributed by atoms with Gasteiger partial charge in [-0.15, -0.1) is 0 Å². The van der Waals surface area contributed by atoms with E-state index in [0.717, 1.165) is 11.3 Å². The first-order valence-electron chi connectivity index (χ1n) is 8.34. The molecule has 1 saturated heterocycles. The summed E-state index contributed by atoms with van der Waals surface area (Å²) >= 11 is 0. The second-order valence-corrected chi connectivity index (χ2v) is 6.53. The van der Waals surface area contributed by atoms with Crippen molar-refractivity contribution in [3.05, 3.63) is 53.8 Å². The monoisotopic (exact) mass is 355 g/mol. The number of carbonyl (C=O) groups is 2. The predicted octanol–water partition coefficient (Wildman–Crippen LogP) is 2.96. The first-order chi connectivity index (χ1) is 12.5. The van der Waals surface area contributed by atoms with Crippen LogP contribution in [0.2, 0.25) is 0 Å². The van der Waals surface area contributed by atoms with E-state index in [1.165, 1.54) is 12.1 Å². The molecule has 0 saturated carbocycles. The molecule has 0 unspecified atom stereocenters. The average molecular weight is 355 g/mol. The molecule has 134 valence electrons. The number of ether oxygens (including phenoxy) is 1. The summed E-state index contributed by atoms with van der Waals surface area (Å²) in [6, 6.07) is 11.0. The first-order valence-corrected chi connectivity index (χ1v) is 8.34. The lowest BCUT2D eigenvalue weighted by atomic mass is 9.81. The number of benzene rings is 2. The maximum atomic E-state index is 13.8. The lowest BCUT2D eigenvalue weighted by Gasteiger charge is -2.23. The van der Waals surface area contributed by atoms with Crippen molar-refractivity contribution >= 4 is 23.3 Å². The zero-order valence-corrected chi connectivity index (χ0v) is 14.2. The van der Waals surface area contributed by atoms with E-state index < -0.39 is 17.3 Å². The van der Waals surface area contributed by atoms with Gasteiger partial charge in [0.2, 0.25) is 5.91 Å². The highest BCUT2D eigenvalue weighted by Gasteiger charge is 2.52. The number of para-hydroxylation sites is 1. The van der Waals surface area contributed by atoms with Gasteiger partial charge in [-0.05, 0) is 42.3 Å². The summed E-state index contributed by atoms with van der Waals surface area (Å²) in [7, 11) is 1.57. The minimum atomic E-state index is -0.795. The smallest absolute Gasteiger partial charge is 0.321 e. The number of nitrogens with zero attached hydrogens (tertiary/aromatic N) is 1. The Kier molecular flexibility index (Phi) is 3.79. The molecular formula is C19H18FN3O3. The van der Waals surface area contributed by atoms with Gasteiger partial charge in [0.05, 0.1) is 18.2 Å². The summed E-state index contributed by atoms with van der Waals surface area (Å²) in [4.78, 5) is 26.7. The van der Waals surface area contributed by atoms with Gasteiger partial charge in [0.1, 0.15) is 11.6 Å². The van der Waals surface area contributed by atoms with Crippen LogP contribution in [0.5, 0.6) is 5.75 Å². The molecule has 2 heterocycles. The largest absolute Gasteiger partial charge is 0.497 e. The van der Waals surface area contributed by atoms with E-state index in [0.29, 0.717) is 18.7 Å². The minimum Gasteiger partial charge on any atom is -0.497 e. The molecular weight excluding hydrogens is 337 g/mol. The highest BCUT2D eigenvalue weighted by atomic mass is 19.1. The van der Waals surface area contributed by atoms with E-state index in [9.17, 15) is 14.0 Å². The molecule has 2 aromatic carbocycles. The minimum absolute atomic E-state index is 0.122. The van der Waals surface area contributed by atoms with Crippen LogP contribution >= 0.6 is 0 Å². The SMILES string of the molecule is COc1ccc2c(c1)[C@@]1(CCN(C(=O)Nc3ccccc3F)C1)C(=O)N2. The standard InChI is InChI=1S/C19H18FN3O3/c1-26-12-6-7-15-13(10-12)19(17(24)21-15)8-9-23(11-19)18(25)22-16-5-3-2-4-14(16)20/h2-7,10H,8-9,11H2,1H3,(H,21,24)(H,22,25)/t19-/m0/s1. The van der Waals surface area contributed by atoms with E-state index in [-0.39, 0.29) is 18.1 Å². The Morgan fingerprint density at radius 1 is 1.31 bits per heavy atom. The number of methoxy groups -OCH3 is 1. The van der Waals surface area contributed by atoms with Gasteiger partial charge in [-0.3, -0.25) is 4.79 Å². The number of hydrogen-bond acceptors (Lipinski definition) is 3. The quantitative estimate of drug-likeness (QED) is 0.870. The van der Waals surface area contributed by atoms with Crippen molar-refractivity contribution in [2.75, 3.05) is 30.8 Å². The zero-order chi connectivity index (χ0) is 18.3. The van der Waals surface area contributed by atoms with Gasteiger partial charge in [-0.25, -0.2) is 9.18 Å². The van der Waals surface area contributed by atoms with Gasteiger partial charge in [0.25, 0.3) is 0 Å². The van der Waals surface area contributed by atoms with Gasteiger partial charge in [-0.1, -0.05) is 12.1 Å². The number of rotatable bonds is 2. The molecule has 2 aliphatic heterocycles. The summed E-state index contributed by atoms with van der Waals surface area (Å²) in [5.74, 6) is 0.0410. The molecule has 1 fully saturated rings. The van der Waals surface area contributed by atoms with Crippen LogP contribution in [-0.2, 0) is 10.2 Å². The van der Waals surface area contributed by atoms with E-state index in [4.69, 9.17) is 4.74 Å². The van der Waals surface area contributed by atoms with Crippen LogP contribution in [0, 0.1) is 5.82 Å². The highest BCUT2D eigenvalue weighted by molar-refractivity contribution is 6.07. The van der Waals surface area contributed by atoms with Gasteiger partial charge >= 0.3 is 6.03 Å². The molecule has 2 N–H and O–H groups in total. The summed E-state index contributed by atoms with van der Waals surface area (Å²) in [5.41, 5.74) is 0.905. The Bertz CT molecular complexity index is 901. The van der Waals surface area contributed by atoms with Crippen molar-refractivity contribution in [1.82, 2.24) is 4.90 Å². The van der Waals surface area contributed by atoms with Crippen LogP contribution in [0.15, 0.2) is 42.5 Å². The van der Waals surface area contributed by atoms with Crippen molar-refractivity contribution in [3.8, 4) is 5.75 Å². The Morgan fingerprint density at radius 3 is 2.88 bits per heavy atom. The van der Waals surface area contributed by atoms with Crippen LogP contribution in [0.25, 0.3) is 0 Å². The summed E-state index contributed by atoms with van der Waals surface area (Å²) in [6.07, 6.45) is 0.504. The third-order valence-electron chi connectivity index (χ3n) is 5.10. The molecule has 0 aliphatic carbocycles. The average Bonchev–Trinajstić information content (AvgIpc) is 3.20. The van der Waals surface area contributed by atoms with Crippen LogP contribution < -0.4 is 15.4 Å². The molecule has 6 nitrogen and oxygen atoms in total. The third kappa shape index (κ3) is 2.47. The molecule has 3 amide bonds. The molecule has 4 rings (SSSR count). The van der Waals surface area contributed by atoms with E-state index >= 15 is 0 Å². The lowest BCUT2D eigenvalue weighted by Crippen LogP contribution is -2.40. The molecule has 26 heavy (non-hydrogen) atoms. The summed E-state index contributed by atoms with van der Waals surface area (Å²) in [5, 5.41) is 5.46. The van der Waals surface area contributed by atoms with Gasteiger partial charge in [0.15, 0.2) is 0 Å². The number of urea groups is 1. The number of carbonyl (C=O) groups excluding carboxylic acids is 2. The number of halogens is 1. The van der Waals surface area contributed by atoms with Crippen molar-refractivity contribution in [3.63, 3.8) is 0 Å². The topological polar surface area (TPSA) is 70.7 Å². The number of fused-ring (bicyclic) bond motifs is 2. The molecule has 7 heteroatoms. The van der Waals surface area contributed by atoms with Crippen LogP contribution in [0.3, 0.4) is 0 Å². The first kappa shape index (κ1) is 16.4.